The van der Waals surface area contributed by atoms with Crippen LogP contribution in [0.1, 0.15) is 48.9 Å². The summed E-state index contributed by atoms with van der Waals surface area (Å²) in [5, 5.41) is 2.79. The smallest absolute Gasteiger partial charge is 0.321 e. The average molecular weight is 382 g/mol. The molecule has 0 bridgehead atoms. The maximum atomic E-state index is 13.4. The van der Waals surface area contributed by atoms with Gasteiger partial charge in [0.05, 0.1) is 0 Å². The van der Waals surface area contributed by atoms with Gasteiger partial charge >= 0.3 is 6.03 Å². The van der Waals surface area contributed by atoms with E-state index in [-0.39, 0.29) is 17.8 Å². The van der Waals surface area contributed by atoms with E-state index in [1.165, 1.54) is 0 Å². The molecule has 1 spiro atoms. The molecule has 7 heteroatoms. The van der Waals surface area contributed by atoms with E-state index in [1.807, 2.05) is 21.9 Å². The SMILES string of the molecule is O=C1NCCN1c1cccc(C(=O)N2CCCC23CCCN(C2CC2)C3=O)c1. The van der Waals surface area contributed by atoms with Crippen molar-refractivity contribution < 1.29 is 14.4 Å². The van der Waals surface area contributed by atoms with E-state index in [9.17, 15) is 14.4 Å². The number of nitrogens with one attached hydrogen (secondary N) is 1. The topological polar surface area (TPSA) is 73.0 Å². The summed E-state index contributed by atoms with van der Waals surface area (Å²) in [5.41, 5.74) is 0.609. The lowest BCUT2D eigenvalue weighted by Gasteiger charge is -2.44. The van der Waals surface area contributed by atoms with Gasteiger partial charge in [-0.15, -0.1) is 0 Å². The fourth-order valence-corrected chi connectivity index (χ4v) is 5.09. The maximum Gasteiger partial charge on any atom is 0.321 e. The molecule has 1 N–H and O–H groups in total. The maximum absolute atomic E-state index is 13.4. The highest BCUT2D eigenvalue weighted by molar-refractivity contribution is 6.02. The molecule has 1 atom stereocenters. The van der Waals surface area contributed by atoms with Gasteiger partial charge in [-0.3, -0.25) is 14.5 Å². The number of rotatable bonds is 3. The van der Waals surface area contributed by atoms with Crippen LogP contribution in [0.5, 0.6) is 0 Å². The van der Waals surface area contributed by atoms with Gasteiger partial charge in [-0.25, -0.2) is 4.79 Å². The molecule has 5 rings (SSSR count). The van der Waals surface area contributed by atoms with E-state index >= 15 is 0 Å². The Bertz CT molecular complexity index is 837. The standard InChI is InChI=1S/C21H26N4O3/c26-18(15-4-1-5-17(14-15)24-13-10-22-20(24)28)25-12-3-9-21(25)8-2-11-23(19(21)27)16-6-7-16/h1,4-5,14,16H,2-3,6-13H2,(H,22,28). The molecule has 1 aromatic rings. The van der Waals surface area contributed by atoms with Gasteiger partial charge < -0.3 is 15.1 Å². The third-order valence-electron chi connectivity index (χ3n) is 6.63. The lowest BCUT2D eigenvalue weighted by molar-refractivity contribution is -0.146. The Morgan fingerprint density at radius 1 is 1.07 bits per heavy atom. The minimum atomic E-state index is -0.668. The molecule has 4 aliphatic rings. The number of anilines is 1. The van der Waals surface area contributed by atoms with Gasteiger partial charge in [-0.05, 0) is 56.7 Å². The second-order valence-electron chi connectivity index (χ2n) is 8.36. The van der Waals surface area contributed by atoms with Gasteiger partial charge in [-0.1, -0.05) is 6.07 Å². The van der Waals surface area contributed by atoms with Gasteiger partial charge in [0.25, 0.3) is 5.91 Å². The first-order valence-electron chi connectivity index (χ1n) is 10.4. The highest BCUT2D eigenvalue weighted by Gasteiger charge is 2.54. The summed E-state index contributed by atoms with van der Waals surface area (Å²) in [6.45, 7) is 2.65. The number of benzene rings is 1. The van der Waals surface area contributed by atoms with Crippen LogP contribution in [0.15, 0.2) is 24.3 Å². The van der Waals surface area contributed by atoms with E-state index < -0.39 is 5.54 Å². The van der Waals surface area contributed by atoms with E-state index in [4.69, 9.17) is 0 Å². The summed E-state index contributed by atoms with van der Waals surface area (Å²) < 4.78 is 0. The van der Waals surface area contributed by atoms with Gasteiger partial charge in [0.2, 0.25) is 5.91 Å². The molecule has 148 valence electrons. The largest absolute Gasteiger partial charge is 0.338 e. The third-order valence-corrected chi connectivity index (χ3v) is 6.63. The number of piperidine rings is 1. The Labute approximate surface area is 164 Å². The zero-order valence-electron chi connectivity index (χ0n) is 16.0. The predicted octanol–water partition coefficient (Wildman–Crippen LogP) is 1.98. The Morgan fingerprint density at radius 3 is 2.57 bits per heavy atom. The summed E-state index contributed by atoms with van der Waals surface area (Å²) in [6.07, 6.45) is 5.53. The van der Waals surface area contributed by atoms with Crippen molar-refractivity contribution >= 4 is 23.5 Å². The molecule has 0 radical (unpaired) electrons. The summed E-state index contributed by atoms with van der Waals surface area (Å²) in [4.78, 5) is 44.3. The number of amides is 4. The number of nitrogens with zero attached hydrogens (tertiary/aromatic N) is 3. The predicted molar refractivity (Wildman–Crippen MR) is 104 cm³/mol. The number of hydrogen-bond acceptors (Lipinski definition) is 3. The summed E-state index contributed by atoms with van der Waals surface area (Å²) in [7, 11) is 0. The van der Waals surface area contributed by atoms with Gasteiger partial charge in [-0.2, -0.15) is 0 Å². The first-order valence-corrected chi connectivity index (χ1v) is 10.4. The van der Waals surface area contributed by atoms with Crippen molar-refractivity contribution in [2.45, 2.75) is 50.1 Å². The molecular weight excluding hydrogens is 356 g/mol. The molecular formula is C21H26N4O3. The van der Waals surface area contributed by atoms with Gasteiger partial charge in [0.1, 0.15) is 5.54 Å². The Hall–Kier alpha value is -2.57. The van der Waals surface area contributed by atoms with Crippen molar-refractivity contribution in [3.63, 3.8) is 0 Å². The Morgan fingerprint density at radius 2 is 1.86 bits per heavy atom. The number of carbonyl (C=O) groups excluding carboxylic acids is 3. The molecule has 1 saturated carbocycles. The minimum absolute atomic E-state index is 0.0926. The van der Waals surface area contributed by atoms with E-state index in [0.717, 1.165) is 50.8 Å². The van der Waals surface area contributed by atoms with Crippen LogP contribution < -0.4 is 10.2 Å². The highest BCUT2D eigenvalue weighted by Crippen LogP contribution is 2.42. The normalized spacial score (nSPS) is 27.6. The quantitative estimate of drug-likeness (QED) is 0.869. The van der Waals surface area contributed by atoms with Crippen LogP contribution in [0.25, 0.3) is 0 Å². The van der Waals surface area contributed by atoms with Crippen LogP contribution in [0.3, 0.4) is 0 Å². The van der Waals surface area contributed by atoms with Crippen LogP contribution in [0.4, 0.5) is 10.5 Å². The Kier molecular flexibility index (Phi) is 4.07. The molecule has 28 heavy (non-hydrogen) atoms. The van der Waals surface area contributed by atoms with Crippen molar-refractivity contribution in [1.29, 1.82) is 0 Å². The minimum Gasteiger partial charge on any atom is -0.338 e. The number of carbonyl (C=O) groups is 3. The second-order valence-corrected chi connectivity index (χ2v) is 8.36. The van der Waals surface area contributed by atoms with Gasteiger partial charge in [0.15, 0.2) is 0 Å². The van der Waals surface area contributed by atoms with Crippen LogP contribution in [-0.4, -0.2) is 65.4 Å². The van der Waals surface area contributed by atoms with Crippen molar-refractivity contribution in [2.24, 2.45) is 0 Å². The van der Waals surface area contributed by atoms with Crippen LogP contribution in [0, 0.1) is 0 Å². The highest BCUT2D eigenvalue weighted by atomic mass is 16.2. The number of likely N-dealkylation sites (tertiary alicyclic amines) is 2. The molecule has 4 amide bonds. The summed E-state index contributed by atoms with van der Waals surface area (Å²) in [6, 6.07) is 7.49. The zero-order chi connectivity index (χ0) is 19.3. The van der Waals surface area contributed by atoms with E-state index in [2.05, 4.69) is 5.32 Å². The first kappa shape index (κ1) is 17.5. The second kappa shape index (κ2) is 6.50. The molecule has 1 unspecified atom stereocenters. The van der Waals surface area contributed by atoms with Crippen molar-refractivity contribution in [1.82, 2.24) is 15.1 Å². The van der Waals surface area contributed by atoms with Gasteiger partial charge in [0, 0.05) is 43.5 Å². The molecule has 3 heterocycles. The van der Waals surface area contributed by atoms with Crippen LogP contribution >= 0.6 is 0 Å². The monoisotopic (exact) mass is 382 g/mol. The number of hydrogen-bond donors (Lipinski definition) is 1. The van der Waals surface area contributed by atoms with E-state index in [0.29, 0.717) is 31.2 Å². The molecule has 1 aliphatic carbocycles. The molecule has 3 saturated heterocycles. The molecule has 7 nitrogen and oxygen atoms in total. The van der Waals surface area contributed by atoms with Crippen LogP contribution in [0.2, 0.25) is 0 Å². The van der Waals surface area contributed by atoms with Crippen molar-refractivity contribution in [3.8, 4) is 0 Å². The lowest BCUT2D eigenvalue weighted by atomic mass is 9.85. The molecule has 4 fully saturated rings. The van der Waals surface area contributed by atoms with Crippen molar-refractivity contribution in [3.05, 3.63) is 29.8 Å². The van der Waals surface area contributed by atoms with Crippen molar-refractivity contribution in [2.75, 3.05) is 31.1 Å². The average Bonchev–Trinajstić information content (AvgIpc) is 3.32. The number of urea groups is 1. The first-order chi connectivity index (χ1) is 13.6. The summed E-state index contributed by atoms with van der Waals surface area (Å²) in [5.74, 6) is 0.0622. The molecule has 0 aromatic heterocycles. The third kappa shape index (κ3) is 2.67. The molecule has 1 aromatic carbocycles. The summed E-state index contributed by atoms with van der Waals surface area (Å²) >= 11 is 0. The molecule has 3 aliphatic heterocycles. The van der Waals surface area contributed by atoms with E-state index in [1.54, 1.807) is 17.0 Å². The fourth-order valence-electron chi connectivity index (χ4n) is 5.09. The fraction of sp³-hybridized carbons (Fsp3) is 0.571. The zero-order valence-corrected chi connectivity index (χ0v) is 16.0. The Balaban J connectivity index is 1.43. The van der Waals surface area contributed by atoms with Crippen LogP contribution in [-0.2, 0) is 4.79 Å². The lowest BCUT2D eigenvalue weighted by Crippen LogP contribution is -2.61.